The van der Waals surface area contributed by atoms with E-state index in [4.69, 9.17) is 16.3 Å². The number of amides is 1. The predicted molar refractivity (Wildman–Crippen MR) is 67.8 cm³/mol. The zero-order valence-corrected chi connectivity index (χ0v) is 11.5. The van der Waals surface area contributed by atoms with Crippen LogP contribution in [0.5, 0.6) is 0 Å². The Morgan fingerprint density at radius 2 is 2.15 bits per heavy atom. The Balaban J connectivity index is 2.26. The van der Waals surface area contributed by atoms with Crippen molar-refractivity contribution in [1.29, 1.82) is 0 Å². The van der Waals surface area contributed by atoms with Crippen molar-refractivity contribution in [2.24, 2.45) is 0 Å². The molecule has 1 aliphatic rings. The molecule has 1 heterocycles. The fraction of sp³-hybridized carbons (Fsp3) is 0.462. The summed E-state index contributed by atoms with van der Waals surface area (Å²) in [6.07, 6.45) is -3.91. The van der Waals surface area contributed by atoms with Crippen molar-refractivity contribution in [2.75, 3.05) is 20.2 Å². The molecule has 0 N–H and O–H groups in total. The maximum absolute atomic E-state index is 12.7. The van der Waals surface area contributed by atoms with Crippen LogP contribution >= 0.6 is 11.6 Å². The molecular weight excluding hydrogens is 295 g/mol. The lowest BCUT2D eigenvalue weighted by Crippen LogP contribution is -2.30. The van der Waals surface area contributed by atoms with Gasteiger partial charge < -0.3 is 9.64 Å². The van der Waals surface area contributed by atoms with E-state index in [0.29, 0.717) is 19.5 Å². The number of hydrogen-bond acceptors (Lipinski definition) is 2. The van der Waals surface area contributed by atoms with Crippen LogP contribution in [0.3, 0.4) is 0 Å². The van der Waals surface area contributed by atoms with E-state index in [9.17, 15) is 18.0 Å². The average molecular weight is 308 g/mol. The van der Waals surface area contributed by atoms with Crippen molar-refractivity contribution in [3.8, 4) is 0 Å². The second kappa shape index (κ2) is 5.61. The van der Waals surface area contributed by atoms with Gasteiger partial charge in [-0.05, 0) is 24.6 Å². The molecule has 0 radical (unpaired) electrons. The summed E-state index contributed by atoms with van der Waals surface area (Å²) in [7, 11) is 1.54. The third-order valence-electron chi connectivity index (χ3n) is 3.29. The molecule has 1 saturated heterocycles. The van der Waals surface area contributed by atoms with Crippen LogP contribution in [0.25, 0.3) is 0 Å². The molecule has 0 unspecified atom stereocenters. The summed E-state index contributed by atoms with van der Waals surface area (Å²) < 4.78 is 43.1. The smallest absolute Gasteiger partial charge is 0.380 e. The molecule has 0 saturated carbocycles. The molecule has 110 valence electrons. The molecule has 7 heteroatoms. The first kappa shape index (κ1) is 15.1. The van der Waals surface area contributed by atoms with E-state index in [1.165, 1.54) is 12.0 Å². The van der Waals surface area contributed by atoms with Gasteiger partial charge in [-0.1, -0.05) is 11.6 Å². The van der Waals surface area contributed by atoms with Crippen molar-refractivity contribution >= 4 is 17.5 Å². The number of rotatable bonds is 2. The molecule has 1 aliphatic heterocycles. The molecule has 1 amide bonds. The summed E-state index contributed by atoms with van der Waals surface area (Å²) in [4.78, 5) is 13.7. The van der Waals surface area contributed by atoms with Crippen LogP contribution in [0, 0.1) is 0 Å². The van der Waals surface area contributed by atoms with Gasteiger partial charge in [0.05, 0.1) is 22.3 Å². The second-order valence-corrected chi connectivity index (χ2v) is 5.00. The summed E-state index contributed by atoms with van der Waals surface area (Å²) in [6, 6.07) is 2.76. The summed E-state index contributed by atoms with van der Waals surface area (Å²) in [5.41, 5.74) is -1.01. The number of likely N-dealkylation sites (tertiary alicyclic amines) is 1. The highest BCUT2D eigenvalue weighted by atomic mass is 35.5. The minimum Gasteiger partial charge on any atom is -0.380 e. The molecule has 0 spiro atoms. The first-order chi connectivity index (χ1) is 9.32. The summed E-state index contributed by atoms with van der Waals surface area (Å²) in [5.74, 6) is -0.499. The van der Waals surface area contributed by atoms with Crippen LogP contribution in [0.1, 0.15) is 22.3 Å². The predicted octanol–water partition coefficient (Wildman–Crippen LogP) is 3.22. The number of benzene rings is 1. The largest absolute Gasteiger partial charge is 0.416 e. The van der Waals surface area contributed by atoms with Crippen LogP contribution in [0.15, 0.2) is 18.2 Å². The zero-order valence-electron chi connectivity index (χ0n) is 10.7. The molecular formula is C13H13ClF3NO2. The van der Waals surface area contributed by atoms with Crippen LogP contribution in [-0.2, 0) is 10.9 Å². The molecule has 1 aromatic carbocycles. The van der Waals surface area contributed by atoms with Crippen molar-refractivity contribution < 1.29 is 22.7 Å². The number of methoxy groups -OCH3 is 1. The number of ether oxygens (including phenoxy) is 1. The quantitative estimate of drug-likeness (QED) is 0.839. The van der Waals surface area contributed by atoms with Crippen LogP contribution in [0.4, 0.5) is 13.2 Å². The van der Waals surface area contributed by atoms with Crippen LogP contribution in [-0.4, -0.2) is 37.1 Å². The summed E-state index contributed by atoms with van der Waals surface area (Å²) >= 11 is 5.84. The Bertz CT molecular complexity index is 519. The minimum absolute atomic E-state index is 0.0175. The van der Waals surface area contributed by atoms with E-state index >= 15 is 0 Å². The first-order valence-electron chi connectivity index (χ1n) is 6.01. The number of hydrogen-bond donors (Lipinski definition) is 0. The molecule has 3 nitrogen and oxygen atoms in total. The maximum Gasteiger partial charge on any atom is 0.416 e. The topological polar surface area (TPSA) is 29.5 Å². The fourth-order valence-electron chi connectivity index (χ4n) is 2.14. The highest BCUT2D eigenvalue weighted by molar-refractivity contribution is 6.33. The van der Waals surface area contributed by atoms with Crippen molar-refractivity contribution in [3.05, 3.63) is 34.3 Å². The number of carbonyl (C=O) groups excluding carboxylic acids is 1. The van der Waals surface area contributed by atoms with E-state index in [2.05, 4.69) is 0 Å². The van der Waals surface area contributed by atoms with E-state index in [0.717, 1.165) is 18.2 Å². The van der Waals surface area contributed by atoms with E-state index < -0.39 is 17.6 Å². The SMILES string of the molecule is CO[C@H]1CCN(C(=O)c2cc(C(F)(F)F)ccc2Cl)C1. The number of nitrogens with zero attached hydrogens (tertiary/aromatic N) is 1. The Labute approximate surface area is 119 Å². The van der Waals surface area contributed by atoms with Gasteiger partial charge in [0.15, 0.2) is 0 Å². The first-order valence-corrected chi connectivity index (χ1v) is 6.39. The van der Waals surface area contributed by atoms with E-state index in [1.54, 1.807) is 0 Å². The Kier molecular flexibility index (Phi) is 4.25. The standard InChI is InChI=1S/C13H13ClF3NO2/c1-20-9-4-5-18(7-9)12(19)10-6-8(13(15,16)17)2-3-11(10)14/h2-3,6,9H,4-5,7H2,1H3/t9-/m0/s1. The van der Waals surface area contributed by atoms with Gasteiger partial charge in [-0.15, -0.1) is 0 Å². The second-order valence-electron chi connectivity index (χ2n) is 4.59. The van der Waals surface area contributed by atoms with E-state index in [-0.39, 0.29) is 16.7 Å². The number of alkyl halides is 3. The lowest BCUT2D eigenvalue weighted by molar-refractivity contribution is -0.137. The maximum atomic E-state index is 12.7. The third-order valence-corrected chi connectivity index (χ3v) is 3.62. The zero-order chi connectivity index (χ0) is 14.9. The Morgan fingerprint density at radius 1 is 1.45 bits per heavy atom. The molecule has 0 aliphatic carbocycles. The Hall–Kier alpha value is -1.27. The molecule has 20 heavy (non-hydrogen) atoms. The van der Waals surface area contributed by atoms with Gasteiger partial charge in [0.25, 0.3) is 5.91 Å². The van der Waals surface area contributed by atoms with Crippen molar-refractivity contribution in [1.82, 2.24) is 4.90 Å². The molecule has 0 bridgehead atoms. The van der Waals surface area contributed by atoms with Crippen molar-refractivity contribution in [2.45, 2.75) is 18.7 Å². The molecule has 1 fully saturated rings. The van der Waals surface area contributed by atoms with Gasteiger partial charge in [0.2, 0.25) is 0 Å². The lowest BCUT2D eigenvalue weighted by Gasteiger charge is -2.18. The van der Waals surface area contributed by atoms with Crippen LogP contribution < -0.4 is 0 Å². The molecule has 1 aromatic rings. The van der Waals surface area contributed by atoms with Gasteiger partial charge in [0, 0.05) is 20.2 Å². The van der Waals surface area contributed by atoms with Crippen LogP contribution in [0.2, 0.25) is 5.02 Å². The normalized spacial score (nSPS) is 19.4. The highest BCUT2D eigenvalue weighted by Crippen LogP contribution is 2.32. The number of halogens is 4. The third kappa shape index (κ3) is 3.07. The van der Waals surface area contributed by atoms with Crippen molar-refractivity contribution in [3.63, 3.8) is 0 Å². The summed E-state index contributed by atoms with van der Waals surface area (Å²) in [6.45, 7) is 0.811. The molecule has 1 atom stereocenters. The van der Waals surface area contributed by atoms with E-state index in [1.807, 2.05) is 0 Å². The molecule has 2 rings (SSSR count). The summed E-state index contributed by atoms with van der Waals surface area (Å²) in [5, 5.41) is 0.0175. The molecule has 0 aromatic heterocycles. The average Bonchev–Trinajstić information content (AvgIpc) is 2.86. The van der Waals surface area contributed by atoms with Gasteiger partial charge in [-0.2, -0.15) is 13.2 Å². The van der Waals surface area contributed by atoms with Gasteiger partial charge in [-0.3, -0.25) is 4.79 Å². The minimum atomic E-state index is -4.50. The van der Waals surface area contributed by atoms with Gasteiger partial charge in [0.1, 0.15) is 0 Å². The Morgan fingerprint density at radius 3 is 2.70 bits per heavy atom. The number of carbonyl (C=O) groups is 1. The van der Waals surface area contributed by atoms with Gasteiger partial charge in [-0.25, -0.2) is 0 Å². The highest BCUT2D eigenvalue weighted by Gasteiger charge is 2.33. The lowest BCUT2D eigenvalue weighted by atomic mass is 10.1. The monoisotopic (exact) mass is 307 g/mol. The van der Waals surface area contributed by atoms with Gasteiger partial charge >= 0.3 is 6.18 Å². The fourth-order valence-corrected chi connectivity index (χ4v) is 2.34.